The number of carbonyl (C=O) groups is 2. The predicted molar refractivity (Wildman–Crippen MR) is 115 cm³/mol. The maximum Gasteiger partial charge on any atom is 0.242 e. The van der Waals surface area contributed by atoms with Gasteiger partial charge < -0.3 is 15.0 Å². The van der Waals surface area contributed by atoms with Gasteiger partial charge in [0.2, 0.25) is 11.8 Å². The lowest BCUT2D eigenvalue weighted by atomic mass is 10.1. The van der Waals surface area contributed by atoms with Crippen LogP contribution in [-0.2, 0) is 21.9 Å². The number of carbonyl (C=O) groups excluding carboxylic acids is 2. The maximum absolute atomic E-state index is 13.9. The number of methoxy groups -OCH3 is 1. The van der Waals surface area contributed by atoms with Crippen molar-refractivity contribution < 1.29 is 18.7 Å². The van der Waals surface area contributed by atoms with Gasteiger partial charge >= 0.3 is 0 Å². The van der Waals surface area contributed by atoms with Crippen molar-refractivity contribution in [2.45, 2.75) is 25.3 Å². The number of rotatable bonds is 9. The fraction of sp³-hybridized carbons (Fsp3) is 0.333. The van der Waals surface area contributed by atoms with Gasteiger partial charge in [0.05, 0.1) is 12.9 Å². The van der Waals surface area contributed by atoms with Crippen LogP contribution in [0.4, 0.5) is 4.39 Å². The van der Waals surface area contributed by atoms with E-state index >= 15 is 0 Å². The molecule has 0 aliphatic heterocycles. The van der Waals surface area contributed by atoms with Crippen LogP contribution in [0.25, 0.3) is 0 Å². The van der Waals surface area contributed by atoms with Gasteiger partial charge in [-0.15, -0.1) is 11.8 Å². The summed E-state index contributed by atoms with van der Waals surface area (Å²) in [4.78, 5) is 26.5. The fourth-order valence-corrected chi connectivity index (χ4v) is 4.00. The first-order chi connectivity index (χ1) is 13.9. The van der Waals surface area contributed by atoms with Crippen molar-refractivity contribution in [3.8, 4) is 5.75 Å². The summed E-state index contributed by atoms with van der Waals surface area (Å²) >= 11 is 7.29. The standard InChI is InChI=1S/C21H24ClFN2O3S/c1-14(21(27)24-2)25(11-15-6-4-7-16(10-15)28-3)20(26)13-29-12-17-18(22)8-5-9-19(17)23/h4-10,14H,11-13H2,1-3H3,(H,24,27)/t14-/m1/s1. The third-order valence-corrected chi connectivity index (χ3v) is 5.73. The molecule has 2 aromatic carbocycles. The first-order valence-electron chi connectivity index (χ1n) is 9.02. The zero-order valence-corrected chi connectivity index (χ0v) is 18.1. The molecule has 5 nitrogen and oxygen atoms in total. The molecule has 0 saturated heterocycles. The van der Waals surface area contributed by atoms with E-state index in [1.54, 1.807) is 20.1 Å². The lowest BCUT2D eigenvalue weighted by Crippen LogP contribution is -2.47. The SMILES string of the molecule is CNC(=O)[C@@H](C)N(Cc1cccc(OC)c1)C(=O)CSCc1c(F)cccc1Cl. The van der Waals surface area contributed by atoms with Gasteiger partial charge in [-0.2, -0.15) is 0 Å². The van der Waals surface area contributed by atoms with Crippen LogP contribution in [0, 0.1) is 5.82 Å². The van der Waals surface area contributed by atoms with Crippen LogP contribution in [0.3, 0.4) is 0 Å². The predicted octanol–water partition coefficient (Wildman–Crippen LogP) is 3.88. The Balaban J connectivity index is 2.10. The van der Waals surface area contributed by atoms with E-state index in [1.807, 2.05) is 24.3 Å². The highest BCUT2D eigenvalue weighted by Crippen LogP contribution is 2.24. The molecule has 156 valence electrons. The summed E-state index contributed by atoms with van der Waals surface area (Å²) in [6.07, 6.45) is 0. The number of nitrogens with one attached hydrogen (secondary N) is 1. The smallest absolute Gasteiger partial charge is 0.242 e. The van der Waals surface area contributed by atoms with E-state index in [0.717, 1.165) is 5.56 Å². The molecular weight excluding hydrogens is 415 g/mol. The lowest BCUT2D eigenvalue weighted by molar-refractivity contribution is -0.138. The molecule has 8 heteroatoms. The molecule has 29 heavy (non-hydrogen) atoms. The summed E-state index contributed by atoms with van der Waals surface area (Å²) in [6.45, 7) is 1.93. The molecule has 0 fully saturated rings. The highest BCUT2D eigenvalue weighted by molar-refractivity contribution is 7.99. The van der Waals surface area contributed by atoms with Gasteiger partial charge in [-0.3, -0.25) is 9.59 Å². The normalized spacial score (nSPS) is 11.6. The zero-order chi connectivity index (χ0) is 21.4. The van der Waals surface area contributed by atoms with Gasteiger partial charge in [-0.05, 0) is 36.8 Å². The highest BCUT2D eigenvalue weighted by atomic mass is 35.5. The number of hydrogen-bond acceptors (Lipinski definition) is 4. The molecule has 0 spiro atoms. The van der Waals surface area contributed by atoms with E-state index in [9.17, 15) is 14.0 Å². The van der Waals surface area contributed by atoms with E-state index in [-0.39, 0.29) is 29.9 Å². The Bertz CT molecular complexity index is 845. The topological polar surface area (TPSA) is 58.6 Å². The van der Waals surface area contributed by atoms with E-state index < -0.39 is 11.9 Å². The summed E-state index contributed by atoms with van der Waals surface area (Å²) in [5.41, 5.74) is 1.21. The van der Waals surface area contributed by atoms with Crippen molar-refractivity contribution in [2.75, 3.05) is 19.9 Å². The maximum atomic E-state index is 13.9. The van der Waals surface area contributed by atoms with Gasteiger partial charge in [0.1, 0.15) is 17.6 Å². The Morgan fingerprint density at radius 1 is 1.28 bits per heavy atom. The fourth-order valence-electron chi connectivity index (χ4n) is 2.75. The van der Waals surface area contributed by atoms with Gasteiger partial charge in [-0.1, -0.05) is 29.8 Å². The van der Waals surface area contributed by atoms with E-state index in [1.165, 1.54) is 35.8 Å². The van der Waals surface area contributed by atoms with Crippen molar-refractivity contribution in [3.05, 3.63) is 64.4 Å². The Morgan fingerprint density at radius 2 is 2.00 bits per heavy atom. The molecule has 0 heterocycles. The average Bonchev–Trinajstić information content (AvgIpc) is 2.73. The monoisotopic (exact) mass is 438 g/mol. The summed E-state index contributed by atoms with van der Waals surface area (Å²) in [5.74, 6) is 0.148. The Labute approximate surface area is 179 Å². The highest BCUT2D eigenvalue weighted by Gasteiger charge is 2.25. The number of halogens is 2. The first-order valence-corrected chi connectivity index (χ1v) is 10.5. The number of hydrogen-bond donors (Lipinski definition) is 1. The Hall–Kier alpha value is -2.25. The molecule has 0 bridgehead atoms. The number of thioether (sulfide) groups is 1. The molecule has 1 N–H and O–H groups in total. The van der Waals surface area contributed by atoms with Crippen LogP contribution >= 0.6 is 23.4 Å². The van der Waals surface area contributed by atoms with Crippen LogP contribution in [0.5, 0.6) is 5.75 Å². The summed E-state index contributed by atoms with van der Waals surface area (Å²) in [6, 6.07) is 11.2. The summed E-state index contributed by atoms with van der Waals surface area (Å²) in [7, 11) is 3.10. The van der Waals surface area contributed by atoms with Crippen LogP contribution in [0.2, 0.25) is 5.02 Å². The zero-order valence-electron chi connectivity index (χ0n) is 16.6. The quantitative estimate of drug-likeness (QED) is 0.645. The third kappa shape index (κ3) is 6.37. The van der Waals surface area contributed by atoms with E-state index in [4.69, 9.17) is 16.3 Å². The third-order valence-electron chi connectivity index (χ3n) is 4.43. The lowest BCUT2D eigenvalue weighted by Gasteiger charge is -2.28. The van der Waals surface area contributed by atoms with Crippen molar-refractivity contribution >= 4 is 35.2 Å². The van der Waals surface area contributed by atoms with E-state index in [0.29, 0.717) is 16.3 Å². The van der Waals surface area contributed by atoms with Crippen molar-refractivity contribution in [2.24, 2.45) is 0 Å². The van der Waals surface area contributed by atoms with Gasteiger partial charge in [0.15, 0.2) is 0 Å². The molecule has 0 saturated carbocycles. The van der Waals surface area contributed by atoms with Crippen molar-refractivity contribution in [3.63, 3.8) is 0 Å². The first kappa shape index (κ1) is 23.0. The summed E-state index contributed by atoms with van der Waals surface area (Å²) in [5, 5.41) is 2.90. The molecule has 0 unspecified atom stereocenters. The number of ether oxygens (including phenoxy) is 1. The molecule has 2 aromatic rings. The van der Waals surface area contributed by atoms with Crippen LogP contribution in [0.15, 0.2) is 42.5 Å². The van der Waals surface area contributed by atoms with Crippen LogP contribution < -0.4 is 10.1 Å². The second-order valence-corrected chi connectivity index (χ2v) is 7.75. The number of likely N-dealkylation sites (N-methyl/N-ethyl adjacent to an activating group) is 1. The molecule has 0 aromatic heterocycles. The minimum atomic E-state index is -0.656. The Morgan fingerprint density at radius 3 is 2.66 bits per heavy atom. The van der Waals surface area contributed by atoms with Gasteiger partial charge in [0.25, 0.3) is 0 Å². The Kier molecular flexibility index (Phi) is 8.79. The molecule has 0 radical (unpaired) electrons. The molecule has 2 amide bonds. The van der Waals surface area contributed by atoms with Gasteiger partial charge in [-0.25, -0.2) is 4.39 Å². The van der Waals surface area contributed by atoms with Gasteiger partial charge in [0, 0.05) is 29.9 Å². The van der Waals surface area contributed by atoms with E-state index in [2.05, 4.69) is 5.32 Å². The minimum Gasteiger partial charge on any atom is -0.497 e. The molecule has 1 atom stereocenters. The number of amides is 2. The molecule has 2 rings (SSSR count). The largest absolute Gasteiger partial charge is 0.497 e. The van der Waals surface area contributed by atoms with Crippen LogP contribution in [-0.4, -0.2) is 42.7 Å². The average molecular weight is 439 g/mol. The van der Waals surface area contributed by atoms with Crippen molar-refractivity contribution in [1.82, 2.24) is 10.2 Å². The molecular formula is C21H24ClFN2O3S. The van der Waals surface area contributed by atoms with Crippen LogP contribution in [0.1, 0.15) is 18.1 Å². The second-order valence-electron chi connectivity index (χ2n) is 6.36. The minimum absolute atomic E-state index is 0.0932. The number of nitrogens with zero attached hydrogens (tertiary/aromatic N) is 1. The molecule has 0 aliphatic rings. The molecule has 0 aliphatic carbocycles. The second kappa shape index (κ2) is 11.1. The number of benzene rings is 2. The summed E-state index contributed by atoms with van der Waals surface area (Å²) < 4.78 is 19.1. The van der Waals surface area contributed by atoms with Crippen molar-refractivity contribution in [1.29, 1.82) is 0 Å².